The van der Waals surface area contributed by atoms with E-state index in [1.807, 2.05) is 49.1 Å². The lowest BCUT2D eigenvalue weighted by atomic mass is 10.1. The Labute approximate surface area is 140 Å². The lowest BCUT2D eigenvalue weighted by Gasteiger charge is -2.19. The maximum atomic E-state index is 5.35. The number of imidazole rings is 1. The van der Waals surface area contributed by atoms with E-state index in [1.54, 1.807) is 18.4 Å². The van der Waals surface area contributed by atoms with Gasteiger partial charge in [0.05, 0.1) is 23.9 Å². The molecule has 3 rings (SSSR count). The molecule has 1 atom stereocenters. The van der Waals surface area contributed by atoms with E-state index in [0.717, 1.165) is 27.8 Å². The molecular weight excluding hydrogens is 308 g/mol. The molecule has 23 heavy (non-hydrogen) atoms. The third-order valence-electron chi connectivity index (χ3n) is 3.70. The van der Waals surface area contributed by atoms with E-state index in [1.165, 1.54) is 0 Å². The van der Waals surface area contributed by atoms with Crippen molar-refractivity contribution in [2.75, 3.05) is 7.11 Å². The van der Waals surface area contributed by atoms with Crippen molar-refractivity contribution in [2.24, 2.45) is 7.05 Å². The zero-order chi connectivity index (χ0) is 16.2. The van der Waals surface area contributed by atoms with Gasteiger partial charge < -0.3 is 9.30 Å². The van der Waals surface area contributed by atoms with Gasteiger partial charge in [-0.2, -0.15) is 0 Å². The quantitative estimate of drug-likeness (QED) is 0.755. The predicted octanol–water partition coefficient (Wildman–Crippen LogP) is 3.07. The second-order valence-corrected chi connectivity index (χ2v) is 6.41. The fourth-order valence-corrected chi connectivity index (χ4v) is 3.14. The molecule has 0 bridgehead atoms. The third kappa shape index (κ3) is 3.60. The topological polar surface area (TPSA) is 52.0 Å². The van der Waals surface area contributed by atoms with Gasteiger partial charge in [-0.25, -0.2) is 9.97 Å². The first-order valence-corrected chi connectivity index (χ1v) is 8.31. The van der Waals surface area contributed by atoms with Crippen molar-refractivity contribution in [3.63, 3.8) is 0 Å². The van der Waals surface area contributed by atoms with E-state index >= 15 is 0 Å². The lowest BCUT2D eigenvalue weighted by molar-refractivity contribution is 0.413. The van der Waals surface area contributed by atoms with Crippen molar-refractivity contribution >= 4 is 11.3 Å². The van der Waals surface area contributed by atoms with Crippen LogP contribution in [0, 0.1) is 6.92 Å². The average molecular weight is 328 g/mol. The fourth-order valence-electron chi connectivity index (χ4n) is 2.53. The Balaban J connectivity index is 1.88. The van der Waals surface area contributed by atoms with Gasteiger partial charge in [-0.3, -0.25) is 5.32 Å². The Morgan fingerprint density at radius 2 is 2.26 bits per heavy atom. The van der Waals surface area contributed by atoms with Crippen LogP contribution in [0.25, 0.3) is 0 Å². The molecule has 0 amide bonds. The van der Waals surface area contributed by atoms with Crippen LogP contribution in [0.2, 0.25) is 0 Å². The van der Waals surface area contributed by atoms with Crippen LogP contribution in [0.15, 0.2) is 42.0 Å². The van der Waals surface area contributed by atoms with Gasteiger partial charge in [-0.15, -0.1) is 11.3 Å². The molecule has 0 unspecified atom stereocenters. The van der Waals surface area contributed by atoms with Crippen molar-refractivity contribution in [1.82, 2.24) is 19.9 Å². The Kier molecular flexibility index (Phi) is 4.73. The van der Waals surface area contributed by atoms with Gasteiger partial charge >= 0.3 is 0 Å². The Bertz CT molecular complexity index is 780. The second kappa shape index (κ2) is 6.93. The van der Waals surface area contributed by atoms with Gasteiger partial charge in [0.2, 0.25) is 0 Å². The molecule has 0 aliphatic rings. The zero-order valence-electron chi connectivity index (χ0n) is 13.5. The number of nitrogens with one attached hydrogen (secondary N) is 1. The number of hydrogen-bond donors (Lipinski definition) is 1. The summed E-state index contributed by atoms with van der Waals surface area (Å²) in [6.07, 6.45) is 3.77. The van der Waals surface area contributed by atoms with E-state index in [-0.39, 0.29) is 6.04 Å². The molecule has 0 saturated heterocycles. The standard InChI is InChI=1S/C17H20N4OS/c1-12-20-14(11-23-12)10-19-16(17-18-7-8-21(17)2)13-5-4-6-15(9-13)22-3/h4-9,11,16,19H,10H2,1-3H3/t16-/m0/s1. The number of thiazole rings is 1. The summed E-state index contributed by atoms with van der Waals surface area (Å²) in [6.45, 7) is 2.71. The Morgan fingerprint density at radius 1 is 1.39 bits per heavy atom. The number of aromatic nitrogens is 3. The Hall–Kier alpha value is -2.18. The number of aryl methyl sites for hydroxylation is 2. The molecule has 2 aromatic heterocycles. The molecule has 1 N–H and O–H groups in total. The SMILES string of the molecule is COc1cccc([C@H](NCc2csc(C)n2)c2nccn2C)c1. The van der Waals surface area contributed by atoms with Gasteiger partial charge in [0, 0.05) is 31.4 Å². The number of rotatable bonds is 6. The molecule has 0 fully saturated rings. The van der Waals surface area contributed by atoms with Crippen molar-refractivity contribution in [3.05, 3.63) is 64.1 Å². The van der Waals surface area contributed by atoms with Crippen LogP contribution in [0.5, 0.6) is 5.75 Å². The van der Waals surface area contributed by atoms with Crippen LogP contribution in [0.1, 0.15) is 28.1 Å². The summed E-state index contributed by atoms with van der Waals surface area (Å²) in [4.78, 5) is 9.03. The summed E-state index contributed by atoms with van der Waals surface area (Å²) in [6, 6.07) is 8.05. The van der Waals surface area contributed by atoms with Gasteiger partial charge in [0.25, 0.3) is 0 Å². The monoisotopic (exact) mass is 328 g/mol. The summed E-state index contributed by atoms with van der Waals surface area (Å²) in [5.74, 6) is 1.80. The highest BCUT2D eigenvalue weighted by Gasteiger charge is 2.18. The van der Waals surface area contributed by atoms with Crippen LogP contribution in [-0.4, -0.2) is 21.6 Å². The number of benzene rings is 1. The molecule has 0 radical (unpaired) electrons. The van der Waals surface area contributed by atoms with Crippen LogP contribution in [0.3, 0.4) is 0 Å². The minimum atomic E-state index is -0.0212. The molecule has 6 heteroatoms. The number of methoxy groups -OCH3 is 1. The first-order chi connectivity index (χ1) is 11.2. The van der Waals surface area contributed by atoms with Gasteiger partial charge in [0.1, 0.15) is 11.6 Å². The largest absolute Gasteiger partial charge is 0.497 e. The van der Waals surface area contributed by atoms with E-state index < -0.39 is 0 Å². The van der Waals surface area contributed by atoms with Gasteiger partial charge in [-0.1, -0.05) is 12.1 Å². The van der Waals surface area contributed by atoms with Crippen molar-refractivity contribution in [2.45, 2.75) is 19.5 Å². The van der Waals surface area contributed by atoms with E-state index in [0.29, 0.717) is 6.54 Å². The molecule has 0 spiro atoms. The summed E-state index contributed by atoms with van der Waals surface area (Å²) in [5, 5.41) is 6.73. The highest BCUT2D eigenvalue weighted by Crippen LogP contribution is 2.24. The highest BCUT2D eigenvalue weighted by atomic mass is 32.1. The first kappa shape index (κ1) is 15.7. The third-order valence-corrected chi connectivity index (χ3v) is 4.52. The smallest absolute Gasteiger partial charge is 0.130 e. The molecule has 5 nitrogen and oxygen atoms in total. The zero-order valence-corrected chi connectivity index (χ0v) is 14.3. The molecule has 120 valence electrons. The maximum Gasteiger partial charge on any atom is 0.130 e. The predicted molar refractivity (Wildman–Crippen MR) is 91.7 cm³/mol. The normalized spacial score (nSPS) is 12.3. The molecule has 0 aliphatic heterocycles. The van der Waals surface area contributed by atoms with Crippen molar-refractivity contribution in [1.29, 1.82) is 0 Å². The maximum absolute atomic E-state index is 5.35. The molecule has 0 saturated carbocycles. The molecule has 1 aromatic carbocycles. The number of nitrogens with zero attached hydrogens (tertiary/aromatic N) is 3. The number of hydrogen-bond acceptors (Lipinski definition) is 5. The highest BCUT2D eigenvalue weighted by molar-refractivity contribution is 7.09. The first-order valence-electron chi connectivity index (χ1n) is 7.43. The minimum absolute atomic E-state index is 0.0212. The summed E-state index contributed by atoms with van der Waals surface area (Å²) >= 11 is 1.67. The van der Waals surface area contributed by atoms with Crippen LogP contribution in [0.4, 0.5) is 0 Å². The van der Waals surface area contributed by atoms with Gasteiger partial charge in [-0.05, 0) is 24.6 Å². The summed E-state index contributed by atoms with van der Waals surface area (Å²) < 4.78 is 7.38. The summed E-state index contributed by atoms with van der Waals surface area (Å²) in [5.41, 5.74) is 2.17. The lowest BCUT2D eigenvalue weighted by Crippen LogP contribution is -2.25. The Morgan fingerprint density at radius 3 is 2.91 bits per heavy atom. The van der Waals surface area contributed by atoms with E-state index in [2.05, 4.69) is 26.7 Å². The second-order valence-electron chi connectivity index (χ2n) is 5.34. The molecule has 3 aromatic rings. The minimum Gasteiger partial charge on any atom is -0.497 e. The molecule has 2 heterocycles. The van der Waals surface area contributed by atoms with Gasteiger partial charge in [0.15, 0.2) is 0 Å². The van der Waals surface area contributed by atoms with E-state index in [4.69, 9.17) is 4.74 Å². The molecular formula is C17H20N4OS. The van der Waals surface area contributed by atoms with Crippen LogP contribution < -0.4 is 10.1 Å². The van der Waals surface area contributed by atoms with Crippen molar-refractivity contribution in [3.8, 4) is 5.75 Å². The van der Waals surface area contributed by atoms with Crippen molar-refractivity contribution < 1.29 is 4.74 Å². The van der Waals surface area contributed by atoms with Crippen LogP contribution in [-0.2, 0) is 13.6 Å². The number of ether oxygens (including phenoxy) is 1. The average Bonchev–Trinajstić information content (AvgIpc) is 3.17. The van der Waals surface area contributed by atoms with E-state index in [9.17, 15) is 0 Å². The molecule has 0 aliphatic carbocycles. The van der Waals surface area contributed by atoms with Crippen LogP contribution >= 0.6 is 11.3 Å². The summed E-state index contributed by atoms with van der Waals surface area (Å²) in [7, 11) is 3.69. The fraction of sp³-hybridized carbons (Fsp3) is 0.294.